The number of para-hydroxylation sites is 2. The molecular formula is C24H20N4O4. The van der Waals surface area contributed by atoms with Gasteiger partial charge < -0.3 is 19.7 Å². The molecule has 1 N–H and O–H groups in total. The molecule has 0 radical (unpaired) electrons. The van der Waals surface area contributed by atoms with Gasteiger partial charge in [0.05, 0.1) is 5.69 Å². The van der Waals surface area contributed by atoms with Crippen molar-refractivity contribution in [3.05, 3.63) is 71.9 Å². The lowest BCUT2D eigenvalue weighted by Crippen LogP contribution is -2.40. The van der Waals surface area contributed by atoms with E-state index in [9.17, 15) is 9.59 Å². The zero-order valence-corrected chi connectivity index (χ0v) is 17.4. The summed E-state index contributed by atoms with van der Waals surface area (Å²) >= 11 is 0. The molecule has 2 amide bonds. The minimum atomic E-state index is -0.213. The molecule has 0 fully saturated rings. The molecule has 0 saturated carbocycles. The molecular weight excluding hydrogens is 408 g/mol. The molecule has 0 atom stereocenters. The maximum atomic E-state index is 12.5. The Labute approximate surface area is 185 Å². The van der Waals surface area contributed by atoms with E-state index in [4.69, 9.17) is 14.7 Å². The molecule has 4 rings (SSSR count). The molecule has 1 aliphatic heterocycles. The monoisotopic (exact) mass is 428 g/mol. The van der Waals surface area contributed by atoms with Crippen molar-refractivity contribution in [1.82, 2.24) is 4.98 Å². The van der Waals surface area contributed by atoms with Crippen LogP contribution in [0.3, 0.4) is 0 Å². The number of carbonyl (C=O) groups is 2. The Morgan fingerprint density at radius 1 is 1.25 bits per heavy atom. The van der Waals surface area contributed by atoms with Crippen molar-refractivity contribution in [2.75, 3.05) is 23.4 Å². The molecule has 1 aliphatic rings. The summed E-state index contributed by atoms with van der Waals surface area (Å²) in [5.41, 5.74) is 2.43. The summed E-state index contributed by atoms with van der Waals surface area (Å²) in [5.74, 6) is 0.967. The topological polar surface area (TPSA) is 105 Å². The molecule has 160 valence electrons. The van der Waals surface area contributed by atoms with E-state index in [1.54, 1.807) is 53.6 Å². The van der Waals surface area contributed by atoms with Crippen LogP contribution in [0.4, 0.5) is 11.4 Å². The van der Waals surface area contributed by atoms with Crippen LogP contribution in [0.5, 0.6) is 17.4 Å². The van der Waals surface area contributed by atoms with E-state index >= 15 is 0 Å². The van der Waals surface area contributed by atoms with Gasteiger partial charge in [0, 0.05) is 24.8 Å². The molecule has 0 saturated heterocycles. The van der Waals surface area contributed by atoms with Crippen LogP contribution in [0, 0.1) is 18.3 Å². The van der Waals surface area contributed by atoms with E-state index in [0.29, 0.717) is 28.4 Å². The summed E-state index contributed by atoms with van der Waals surface area (Å²) < 4.78 is 11.1. The maximum Gasteiger partial charge on any atom is 0.265 e. The summed E-state index contributed by atoms with van der Waals surface area (Å²) in [7, 11) is 0. The number of rotatable bonds is 6. The van der Waals surface area contributed by atoms with E-state index in [1.807, 2.05) is 25.1 Å². The molecule has 32 heavy (non-hydrogen) atoms. The Kier molecular flexibility index (Phi) is 5.99. The van der Waals surface area contributed by atoms with Gasteiger partial charge in [-0.15, -0.1) is 0 Å². The molecule has 8 heteroatoms. The van der Waals surface area contributed by atoms with Crippen molar-refractivity contribution in [3.63, 3.8) is 0 Å². The van der Waals surface area contributed by atoms with E-state index < -0.39 is 0 Å². The largest absolute Gasteiger partial charge is 0.482 e. The first-order valence-corrected chi connectivity index (χ1v) is 10.0. The van der Waals surface area contributed by atoms with Crippen LogP contribution in [-0.4, -0.2) is 29.9 Å². The third-order valence-corrected chi connectivity index (χ3v) is 4.95. The molecule has 8 nitrogen and oxygen atoms in total. The molecule has 0 bridgehead atoms. The van der Waals surface area contributed by atoms with Crippen LogP contribution in [-0.2, 0) is 9.59 Å². The summed E-state index contributed by atoms with van der Waals surface area (Å²) in [6.45, 7) is 2.05. The lowest BCUT2D eigenvalue weighted by atomic mass is 10.1. The fourth-order valence-electron chi connectivity index (χ4n) is 3.33. The Morgan fingerprint density at radius 2 is 2.09 bits per heavy atom. The number of aryl methyl sites for hydroxylation is 1. The van der Waals surface area contributed by atoms with Crippen LogP contribution in [0.2, 0.25) is 0 Å². The second kappa shape index (κ2) is 9.18. The van der Waals surface area contributed by atoms with Crippen molar-refractivity contribution in [2.24, 2.45) is 0 Å². The Bertz CT molecular complexity index is 1220. The van der Waals surface area contributed by atoms with Crippen LogP contribution in [0.1, 0.15) is 17.5 Å². The summed E-state index contributed by atoms with van der Waals surface area (Å²) in [5, 5.41) is 12.0. The molecule has 0 aliphatic carbocycles. The second-order valence-corrected chi connectivity index (χ2v) is 7.15. The van der Waals surface area contributed by atoms with Gasteiger partial charge in [-0.25, -0.2) is 4.98 Å². The van der Waals surface area contributed by atoms with Crippen LogP contribution >= 0.6 is 0 Å². The quantitative estimate of drug-likeness (QED) is 0.640. The highest BCUT2D eigenvalue weighted by Crippen LogP contribution is 2.31. The van der Waals surface area contributed by atoms with Crippen molar-refractivity contribution in [3.8, 4) is 23.4 Å². The highest BCUT2D eigenvalue weighted by atomic mass is 16.5. The molecule has 2 heterocycles. The summed E-state index contributed by atoms with van der Waals surface area (Å²) in [4.78, 5) is 30.4. The zero-order valence-electron chi connectivity index (χ0n) is 17.4. The van der Waals surface area contributed by atoms with E-state index in [2.05, 4.69) is 10.3 Å². The van der Waals surface area contributed by atoms with Crippen LogP contribution in [0.15, 0.2) is 60.8 Å². The number of hydrogen-bond acceptors (Lipinski definition) is 6. The first kappa shape index (κ1) is 20.9. The normalized spacial score (nSPS) is 12.4. The average molecular weight is 428 g/mol. The summed E-state index contributed by atoms with van der Waals surface area (Å²) in [6, 6.07) is 17.8. The Morgan fingerprint density at radius 3 is 2.91 bits per heavy atom. The number of benzene rings is 2. The van der Waals surface area contributed by atoms with Crippen molar-refractivity contribution >= 4 is 23.2 Å². The molecule has 2 aromatic carbocycles. The van der Waals surface area contributed by atoms with Gasteiger partial charge in [-0.1, -0.05) is 12.1 Å². The Hall–Kier alpha value is -4.38. The number of ether oxygens (including phenoxy) is 2. The lowest BCUT2D eigenvalue weighted by molar-refractivity contribution is -0.121. The highest BCUT2D eigenvalue weighted by molar-refractivity contribution is 5.99. The van der Waals surface area contributed by atoms with Gasteiger partial charge >= 0.3 is 0 Å². The highest BCUT2D eigenvalue weighted by Gasteiger charge is 2.25. The number of carbonyl (C=O) groups excluding carboxylic acids is 2. The lowest BCUT2D eigenvalue weighted by Gasteiger charge is -2.29. The smallest absolute Gasteiger partial charge is 0.265 e. The number of fused-ring (bicyclic) bond motifs is 1. The Balaban J connectivity index is 1.39. The standard InChI is InChI=1S/C24H20N4O4/c1-16-13-18(32-24-17(14-25)5-4-11-26-24)8-9-19(16)27-22(29)10-12-28-20-6-2-3-7-21(20)31-15-23(28)30/h2-9,11,13H,10,12,15H2,1H3,(H,27,29). The van der Waals surface area contributed by atoms with Crippen molar-refractivity contribution in [2.45, 2.75) is 13.3 Å². The van der Waals surface area contributed by atoms with Gasteiger partial charge in [-0.2, -0.15) is 5.26 Å². The van der Waals surface area contributed by atoms with Gasteiger partial charge in [-0.3, -0.25) is 9.59 Å². The first-order valence-electron chi connectivity index (χ1n) is 10.0. The number of anilines is 2. The van der Waals surface area contributed by atoms with Crippen molar-refractivity contribution in [1.29, 1.82) is 5.26 Å². The predicted octanol–water partition coefficient (Wildman–Crippen LogP) is 3.81. The molecule has 3 aromatic rings. The van der Waals surface area contributed by atoms with Gasteiger partial charge in [0.2, 0.25) is 11.8 Å². The average Bonchev–Trinajstić information content (AvgIpc) is 2.80. The van der Waals surface area contributed by atoms with E-state index in [-0.39, 0.29) is 37.3 Å². The minimum absolute atomic E-state index is 0.0387. The van der Waals surface area contributed by atoms with Gasteiger partial charge in [-0.05, 0) is 55.0 Å². The second-order valence-electron chi connectivity index (χ2n) is 7.15. The van der Waals surface area contributed by atoms with Crippen LogP contribution in [0.25, 0.3) is 0 Å². The van der Waals surface area contributed by atoms with E-state index in [1.165, 1.54) is 0 Å². The predicted molar refractivity (Wildman–Crippen MR) is 118 cm³/mol. The molecule has 0 spiro atoms. The van der Waals surface area contributed by atoms with E-state index in [0.717, 1.165) is 5.56 Å². The number of nitriles is 1. The van der Waals surface area contributed by atoms with Gasteiger partial charge in [0.15, 0.2) is 6.61 Å². The fourth-order valence-corrected chi connectivity index (χ4v) is 3.33. The zero-order chi connectivity index (χ0) is 22.5. The third-order valence-electron chi connectivity index (χ3n) is 4.95. The third kappa shape index (κ3) is 4.52. The van der Waals surface area contributed by atoms with Gasteiger partial charge in [0.1, 0.15) is 23.1 Å². The summed E-state index contributed by atoms with van der Waals surface area (Å²) in [6.07, 6.45) is 1.69. The fraction of sp³-hybridized carbons (Fsp3) is 0.167. The number of hydrogen-bond donors (Lipinski definition) is 1. The maximum absolute atomic E-state index is 12.5. The number of amides is 2. The number of pyridine rings is 1. The number of nitrogens with one attached hydrogen (secondary N) is 1. The number of nitrogens with zero attached hydrogens (tertiary/aromatic N) is 3. The minimum Gasteiger partial charge on any atom is -0.482 e. The van der Waals surface area contributed by atoms with Gasteiger partial charge in [0.25, 0.3) is 5.91 Å². The number of aromatic nitrogens is 1. The molecule has 1 aromatic heterocycles. The SMILES string of the molecule is Cc1cc(Oc2ncccc2C#N)ccc1NC(=O)CCN1C(=O)COc2ccccc21. The molecule has 0 unspecified atom stereocenters. The van der Waals surface area contributed by atoms with Crippen LogP contribution < -0.4 is 19.7 Å². The van der Waals surface area contributed by atoms with Crippen molar-refractivity contribution < 1.29 is 19.1 Å². The first-order chi connectivity index (χ1) is 15.5.